The molecule has 79 valence electrons. The first-order valence-electron chi connectivity index (χ1n) is 5.72. The molecule has 0 spiro atoms. The standard InChI is InChI=1S/C15H16B/c1-12-3-5-13(6-4-12)11-14-7-9-15(16-2)10-8-14/h3-10H,11H2,1-2H3. The van der Waals surface area contributed by atoms with E-state index in [0.717, 1.165) is 6.42 Å². The van der Waals surface area contributed by atoms with Crippen molar-refractivity contribution in [1.29, 1.82) is 0 Å². The smallest absolute Gasteiger partial charge is 0.0881 e. The monoisotopic (exact) mass is 207 g/mol. The van der Waals surface area contributed by atoms with Crippen LogP contribution in [0.2, 0.25) is 6.82 Å². The first-order chi connectivity index (χ1) is 7.78. The molecule has 16 heavy (non-hydrogen) atoms. The minimum Gasteiger partial charge on any atom is -0.0881 e. The first-order valence-corrected chi connectivity index (χ1v) is 5.72. The van der Waals surface area contributed by atoms with E-state index in [1.54, 1.807) is 0 Å². The van der Waals surface area contributed by atoms with Crippen LogP contribution < -0.4 is 5.46 Å². The van der Waals surface area contributed by atoms with Crippen LogP contribution in [0, 0.1) is 6.92 Å². The predicted molar refractivity (Wildman–Crippen MR) is 71.7 cm³/mol. The quantitative estimate of drug-likeness (QED) is 0.678. The summed E-state index contributed by atoms with van der Waals surface area (Å²) in [5.74, 6) is 0. The van der Waals surface area contributed by atoms with Gasteiger partial charge in [0.25, 0.3) is 0 Å². The van der Waals surface area contributed by atoms with Gasteiger partial charge in [-0.15, -0.1) is 0 Å². The van der Waals surface area contributed by atoms with E-state index in [9.17, 15) is 0 Å². The van der Waals surface area contributed by atoms with Gasteiger partial charge in [0.2, 0.25) is 0 Å². The highest BCUT2D eigenvalue weighted by Crippen LogP contribution is 2.09. The van der Waals surface area contributed by atoms with Gasteiger partial charge in [0.05, 0.1) is 0 Å². The van der Waals surface area contributed by atoms with Gasteiger partial charge in [0.1, 0.15) is 7.28 Å². The van der Waals surface area contributed by atoms with Crippen molar-refractivity contribution in [3.63, 3.8) is 0 Å². The van der Waals surface area contributed by atoms with Crippen LogP contribution in [0.5, 0.6) is 0 Å². The van der Waals surface area contributed by atoms with Crippen molar-refractivity contribution in [2.24, 2.45) is 0 Å². The van der Waals surface area contributed by atoms with Gasteiger partial charge in [-0.3, -0.25) is 0 Å². The lowest BCUT2D eigenvalue weighted by atomic mass is 9.73. The van der Waals surface area contributed by atoms with Crippen molar-refractivity contribution in [3.8, 4) is 0 Å². The Bertz CT molecular complexity index is 440. The highest BCUT2D eigenvalue weighted by molar-refractivity contribution is 6.51. The SMILES string of the molecule is C[B]c1ccc(Cc2ccc(C)cc2)cc1. The summed E-state index contributed by atoms with van der Waals surface area (Å²) in [5, 5.41) is 0. The first kappa shape index (κ1) is 11.0. The van der Waals surface area contributed by atoms with Gasteiger partial charge >= 0.3 is 0 Å². The molecule has 0 aliphatic rings. The highest BCUT2D eigenvalue weighted by Gasteiger charge is 1.96. The molecule has 0 fully saturated rings. The molecule has 0 aliphatic carbocycles. The van der Waals surface area contributed by atoms with E-state index in [1.807, 2.05) is 0 Å². The van der Waals surface area contributed by atoms with E-state index in [0.29, 0.717) is 0 Å². The maximum Gasteiger partial charge on any atom is 0.148 e. The van der Waals surface area contributed by atoms with Crippen LogP contribution in [0.25, 0.3) is 0 Å². The van der Waals surface area contributed by atoms with Gasteiger partial charge in [0.15, 0.2) is 0 Å². The van der Waals surface area contributed by atoms with Gasteiger partial charge in [-0.1, -0.05) is 66.4 Å². The van der Waals surface area contributed by atoms with Crippen LogP contribution in [0.15, 0.2) is 48.5 Å². The molecule has 2 aromatic carbocycles. The second kappa shape index (κ2) is 5.02. The van der Waals surface area contributed by atoms with Crippen molar-refractivity contribution in [1.82, 2.24) is 0 Å². The molecule has 0 amide bonds. The molecule has 0 unspecified atom stereocenters. The molecule has 0 atom stereocenters. The van der Waals surface area contributed by atoms with Crippen LogP contribution in [-0.4, -0.2) is 7.28 Å². The third kappa shape index (κ3) is 2.76. The third-order valence-corrected chi connectivity index (χ3v) is 2.84. The zero-order valence-corrected chi connectivity index (χ0v) is 9.90. The molecule has 0 bridgehead atoms. The summed E-state index contributed by atoms with van der Waals surface area (Å²) in [6.07, 6.45) is 1.02. The van der Waals surface area contributed by atoms with Crippen molar-refractivity contribution in [2.45, 2.75) is 20.2 Å². The van der Waals surface area contributed by atoms with Gasteiger partial charge in [-0.05, 0) is 24.5 Å². The lowest BCUT2D eigenvalue weighted by Crippen LogP contribution is -2.09. The zero-order valence-electron chi connectivity index (χ0n) is 9.90. The lowest BCUT2D eigenvalue weighted by molar-refractivity contribution is 1.19. The summed E-state index contributed by atoms with van der Waals surface area (Å²) in [6.45, 7) is 4.19. The van der Waals surface area contributed by atoms with E-state index in [4.69, 9.17) is 0 Å². The molecule has 0 heterocycles. The molecular weight excluding hydrogens is 191 g/mol. The van der Waals surface area contributed by atoms with E-state index in [2.05, 4.69) is 69.6 Å². The van der Waals surface area contributed by atoms with Gasteiger partial charge in [0, 0.05) is 0 Å². The van der Waals surface area contributed by atoms with E-state index in [-0.39, 0.29) is 0 Å². The van der Waals surface area contributed by atoms with Gasteiger partial charge < -0.3 is 0 Å². The summed E-state index contributed by atoms with van der Waals surface area (Å²) < 4.78 is 0. The molecule has 2 rings (SSSR count). The second-order valence-corrected chi connectivity index (χ2v) is 4.19. The van der Waals surface area contributed by atoms with E-state index in [1.165, 1.54) is 22.2 Å². The number of hydrogen-bond acceptors (Lipinski definition) is 0. The van der Waals surface area contributed by atoms with Crippen LogP contribution in [0.1, 0.15) is 16.7 Å². The van der Waals surface area contributed by atoms with Crippen LogP contribution in [-0.2, 0) is 6.42 Å². The summed E-state index contributed by atoms with van der Waals surface area (Å²) in [7, 11) is 2.12. The Morgan fingerprint density at radius 3 is 1.81 bits per heavy atom. The minimum atomic E-state index is 1.02. The average Bonchev–Trinajstić information content (AvgIpc) is 2.33. The van der Waals surface area contributed by atoms with E-state index < -0.39 is 0 Å². The Balaban J connectivity index is 2.11. The maximum absolute atomic E-state index is 2.20. The van der Waals surface area contributed by atoms with Gasteiger partial charge in [-0.2, -0.15) is 0 Å². The van der Waals surface area contributed by atoms with Crippen LogP contribution in [0.4, 0.5) is 0 Å². The van der Waals surface area contributed by atoms with Crippen LogP contribution in [0.3, 0.4) is 0 Å². The van der Waals surface area contributed by atoms with Gasteiger partial charge in [-0.25, -0.2) is 0 Å². The molecule has 0 saturated carbocycles. The Hall–Kier alpha value is -1.50. The van der Waals surface area contributed by atoms with Crippen molar-refractivity contribution in [3.05, 3.63) is 65.2 Å². The fourth-order valence-electron chi connectivity index (χ4n) is 1.77. The Kier molecular flexibility index (Phi) is 3.45. The zero-order chi connectivity index (χ0) is 11.4. The summed E-state index contributed by atoms with van der Waals surface area (Å²) >= 11 is 0. The summed E-state index contributed by atoms with van der Waals surface area (Å²) in [6, 6.07) is 17.5. The molecule has 0 aromatic heterocycles. The van der Waals surface area contributed by atoms with Crippen molar-refractivity contribution >= 4 is 12.7 Å². The summed E-state index contributed by atoms with van der Waals surface area (Å²) in [4.78, 5) is 0. The minimum absolute atomic E-state index is 1.02. The van der Waals surface area contributed by atoms with Crippen molar-refractivity contribution < 1.29 is 0 Å². The number of benzene rings is 2. The van der Waals surface area contributed by atoms with Crippen LogP contribution >= 0.6 is 0 Å². The fraction of sp³-hybridized carbons (Fsp3) is 0.200. The Morgan fingerprint density at radius 1 is 0.812 bits per heavy atom. The fourth-order valence-corrected chi connectivity index (χ4v) is 1.77. The predicted octanol–water partition coefficient (Wildman–Crippen LogP) is 2.96. The van der Waals surface area contributed by atoms with Crippen molar-refractivity contribution in [2.75, 3.05) is 0 Å². The molecule has 0 N–H and O–H groups in total. The molecular formula is C15H16B. The number of rotatable bonds is 3. The lowest BCUT2D eigenvalue weighted by Gasteiger charge is -2.03. The highest BCUT2D eigenvalue weighted by atomic mass is 14.0. The topological polar surface area (TPSA) is 0 Å². The Labute approximate surface area is 98.6 Å². The average molecular weight is 207 g/mol. The molecule has 0 saturated heterocycles. The largest absolute Gasteiger partial charge is 0.148 e. The number of hydrogen-bond donors (Lipinski definition) is 0. The summed E-state index contributed by atoms with van der Waals surface area (Å²) in [5.41, 5.74) is 5.35. The normalized spacial score (nSPS) is 10.1. The number of aryl methyl sites for hydroxylation is 1. The molecule has 1 heteroatoms. The molecule has 1 radical (unpaired) electrons. The van der Waals surface area contributed by atoms with E-state index >= 15 is 0 Å². The molecule has 2 aromatic rings. The molecule has 0 aliphatic heterocycles. The second-order valence-electron chi connectivity index (χ2n) is 4.19. The maximum atomic E-state index is 2.20. The molecule has 0 nitrogen and oxygen atoms in total. The third-order valence-electron chi connectivity index (χ3n) is 2.84. The Morgan fingerprint density at radius 2 is 1.31 bits per heavy atom.